The van der Waals surface area contributed by atoms with E-state index < -0.39 is 17.6 Å². The van der Waals surface area contributed by atoms with Gasteiger partial charge in [-0.3, -0.25) is 10.1 Å². The summed E-state index contributed by atoms with van der Waals surface area (Å²) in [5.74, 6) is -0.365. The lowest BCUT2D eigenvalue weighted by Crippen LogP contribution is -2.13. The molecular formula is C18H13F3N6OS. The molecule has 1 amide bonds. The fraction of sp³-hybridized carbons (Fsp3) is 0.167. The highest BCUT2D eigenvalue weighted by Gasteiger charge is 2.30. The lowest BCUT2D eigenvalue weighted by molar-refractivity contribution is -0.137. The third kappa shape index (κ3) is 3.81. The highest BCUT2D eigenvalue weighted by Crippen LogP contribution is 2.33. The number of amides is 1. The van der Waals surface area contributed by atoms with Crippen molar-refractivity contribution < 1.29 is 18.0 Å². The molecular weight excluding hydrogens is 405 g/mol. The number of rotatable bonds is 3. The summed E-state index contributed by atoms with van der Waals surface area (Å²) in [4.78, 5) is 25.0. The number of anilines is 1. The zero-order valence-corrected chi connectivity index (χ0v) is 16.0. The molecule has 0 radical (unpaired) electrons. The first-order chi connectivity index (χ1) is 13.7. The van der Waals surface area contributed by atoms with E-state index in [0.717, 1.165) is 34.9 Å². The van der Waals surface area contributed by atoms with E-state index in [1.165, 1.54) is 16.6 Å². The molecule has 1 aromatic carbocycles. The Morgan fingerprint density at radius 3 is 2.69 bits per heavy atom. The van der Waals surface area contributed by atoms with E-state index in [1.54, 1.807) is 5.38 Å². The minimum Gasteiger partial charge on any atom is -0.295 e. The number of alkyl halides is 3. The number of nitrogens with zero attached hydrogens (tertiary/aromatic N) is 5. The standard InChI is InChI=1S/C18H13F3N6OS/c1-9-6-10(2)27-16(22-9)24-14(26-27)15(28)25-17-23-13(8-29-17)11-4-3-5-12(7-11)18(19,20)21/h3-8H,1-2H3,(H,23,25,28). The summed E-state index contributed by atoms with van der Waals surface area (Å²) in [6, 6.07) is 6.65. The number of halogens is 3. The van der Waals surface area contributed by atoms with Crippen molar-refractivity contribution in [3.63, 3.8) is 0 Å². The van der Waals surface area contributed by atoms with Gasteiger partial charge in [0.15, 0.2) is 5.13 Å². The van der Waals surface area contributed by atoms with Crippen LogP contribution in [0.15, 0.2) is 35.7 Å². The summed E-state index contributed by atoms with van der Waals surface area (Å²) in [5, 5.41) is 8.50. The topological polar surface area (TPSA) is 85.1 Å². The summed E-state index contributed by atoms with van der Waals surface area (Å²) >= 11 is 1.09. The highest BCUT2D eigenvalue weighted by atomic mass is 32.1. The number of carbonyl (C=O) groups is 1. The SMILES string of the molecule is Cc1cc(C)n2nc(C(=O)Nc3nc(-c4cccc(C(F)(F)F)c4)cs3)nc2n1. The summed E-state index contributed by atoms with van der Waals surface area (Å²) in [6.07, 6.45) is -4.44. The number of fused-ring (bicyclic) bond motifs is 1. The molecule has 0 atom stereocenters. The van der Waals surface area contributed by atoms with Crippen LogP contribution in [0.1, 0.15) is 27.6 Å². The molecule has 148 valence electrons. The van der Waals surface area contributed by atoms with Gasteiger partial charge in [0.05, 0.1) is 11.3 Å². The van der Waals surface area contributed by atoms with Crippen LogP contribution in [0.3, 0.4) is 0 Å². The quantitative estimate of drug-likeness (QED) is 0.541. The Kier molecular flexibility index (Phi) is 4.53. The largest absolute Gasteiger partial charge is 0.416 e. The maximum Gasteiger partial charge on any atom is 0.416 e. The van der Waals surface area contributed by atoms with Gasteiger partial charge in [-0.2, -0.15) is 18.2 Å². The fourth-order valence-electron chi connectivity index (χ4n) is 2.73. The molecule has 0 fully saturated rings. The van der Waals surface area contributed by atoms with Gasteiger partial charge < -0.3 is 0 Å². The Labute approximate surface area is 166 Å². The molecule has 11 heteroatoms. The summed E-state index contributed by atoms with van der Waals surface area (Å²) in [7, 11) is 0. The Morgan fingerprint density at radius 1 is 1.14 bits per heavy atom. The van der Waals surface area contributed by atoms with Crippen molar-refractivity contribution in [3.8, 4) is 11.3 Å². The molecule has 0 unspecified atom stereocenters. The van der Waals surface area contributed by atoms with Gasteiger partial charge in [-0.05, 0) is 32.0 Å². The maximum absolute atomic E-state index is 12.9. The van der Waals surface area contributed by atoms with E-state index in [9.17, 15) is 18.0 Å². The van der Waals surface area contributed by atoms with E-state index in [1.807, 2.05) is 19.9 Å². The van der Waals surface area contributed by atoms with Crippen LogP contribution < -0.4 is 5.32 Å². The minimum atomic E-state index is -4.44. The second-order valence-corrected chi connectivity index (χ2v) is 7.11. The molecule has 7 nitrogen and oxygen atoms in total. The molecule has 1 N–H and O–H groups in total. The Hall–Kier alpha value is -3.34. The average Bonchev–Trinajstić information content (AvgIpc) is 3.28. The zero-order chi connectivity index (χ0) is 20.8. The number of nitrogens with one attached hydrogen (secondary N) is 1. The van der Waals surface area contributed by atoms with Gasteiger partial charge in [-0.1, -0.05) is 12.1 Å². The Balaban J connectivity index is 1.57. The van der Waals surface area contributed by atoms with E-state index in [-0.39, 0.29) is 11.0 Å². The fourth-order valence-corrected chi connectivity index (χ4v) is 3.45. The van der Waals surface area contributed by atoms with Crippen molar-refractivity contribution in [1.82, 2.24) is 24.6 Å². The predicted octanol–water partition coefficient (Wildman–Crippen LogP) is 4.14. The Bertz CT molecular complexity index is 1230. The lowest BCUT2D eigenvalue weighted by atomic mass is 10.1. The van der Waals surface area contributed by atoms with Crippen LogP contribution in [-0.4, -0.2) is 30.5 Å². The van der Waals surface area contributed by atoms with Crippen molar-refractivity contribution >= 4 is 28.2 Å². The van der Waals surface area contributed by atoms with Gasteiger partial charge in [0.1, 0.15) is 0 Å². The number of hydrogen-bond acceptors (Lipinski definition) is 6. The van der Waals surface area contributed by atoms with Crippen LogP contribution in [0.2, 0.25) is 0 Å². The third-order valence-corrected chi connectivity index (χ3v) is 4.79. The van der Waals surface area contributed by atoms with Gasteiger partial charge in [0, 0.05) is 22.3 Å². The summed E-state index contributed by atoms with van der Waals surface area (Å²) in [5.41, 5.74) is 1.39. The van der Waals surface area contributed by atoms with Gasteiger partial charge >= 0.3 is 6.18 Å². The molecule has 3 aromatic heterocycles. The second-order valence-electron chi connectivity index (χ2n) is 6.26. The molecule has 0 aliphatic rings. The molecule has 4 aromatic rings. The van der Waals surface area contributed by atoms with Crippen LogP contribution in [0, 0.1) is 13.8 Å². The molecule has 0 aliphatic carbocycles. The predicted molar refractivity (Wildman–Crippen MR) is 101 cm³/mol. The third-order valence-electron chi connectivity index (χ3n) is 4.03. The molecule has 0 bridgehead atoms. The molecule has 29 heavy (non-hydrogen) atoms. The summed E-state index contributed by atoms with van der Waals surface area (Å²) < 4.78 is 40.1. The van der Waals surface area contributed by atoms with Crippen LogP contribution in [0.4, 0.5) is 18.3 Å². The molecule has 0 saturated heterocycles. The first-order valence-electron chi connectivity index (χ1n) is 8.36. The van der Waals surface area contributed by atoms with Crippen LogP contribution in [-0.2, 0) is 6.18 Å². The number of thiazole rings is 1. The monoisotopic (exact) mass is 418 g/mol. The molecule has 0 saturated carbocycles. The number of aromatic nitrogens is 5. The highest BCUT2D eigenvalue weighted by molar-refractivity contribution is 7.14. The summed E-state index contributed by atoms with van der Waals surface area (Å²) in [6.45, 7) is 3.63. The molecule has 4 rings (SSSR count). The maximum atomic E-state index is 12.9. The molecule has 3 heterocycles. The van der Waals surface area contributed by atoms with Crippen LogP contribution >= 0.6 is 11.3 Å². The van der Waals surface area contributed by atoms with Crippen LogP contribution in [0.25, 0.3) is 17.0 Å². The minimum absolute atomic E-state index is 0.0815. The molecule has 0 spiro atoms. The van der Waals surface area contributed by atoms with E-state index in [0.29, 0.717) is 17.0 Å². The average molecular weight is 418 g/mol. The first-order valence-corrected chi connectivity index (χ1v) is 9.24. The van der Waals surface area contributed by atoms with Gasteiger partial charge in [0.2, 0.25) is 5.82 Å². The number of hydrogen-bond donors (Lipinski definition) is 1. The van der Waals surface area contributed by atoms with Crippen molar-refractivity contribution in [3.05, 3.63) is 58.5 Å². The van der Waals surface area contributed by atoms with Crippen molar-refractivity contribution in [2.24, 2.45) is 0 Å². The number of aryl methyl sites for hydroxylation is 2. The number of benzene rings is 1. The second kappa shape index (κ2) is 6.92. The lowest BCUT2D eigenvalue weighted by Gasteiger charge is -2.07. The Morgan fingerprint density at radius 2 is 1.93 bits per heavy atom. The van der Waals surface area contributed by atoms with E-state index in [4.69, 9.17) is 0 Å². The van der Waals surface area contributed by atoms with Crippen molar-refractivity contribution in [2.75, 3.05) is 5.32 Å². The van der Waals surface area contributed by atoms with E-state index >= 15 is 0 Å². The smallest absolute Gasteiger partial charge is 0.295 e. The van der Waals surface area contributed by atoms with Crippen molar-refractivity contribution in [2.45, 2.75) is 20.0 Å². The van der Waals surface area contributed by atoms with Crippen LogP contribution in [0.5, 0.6) is 0 Å². The van der Waals surface area contributed by atoms with Gasteiger partial charge in [-0.15, -0.1) is 16.4 Å². The normalized spacial score (nSPS) is 11.8. The van der Waals surface area contributed by atoms with E-state index in [2.05, 4.69) is 25.4 Å². The van der Waals surface area contributed by atoms with Gasteiger partial charge in [0.25, 0.3) is 11.7 Å². The first kappa shape index (κ1) is 19.0. The molecule has 0 aliphatic heterocycles. The zero-order valence-electron chi connectivity index (χ0n) is 15.2. The number of carbonyl (C=O) groups excluding carboxylic acids is 1. The van der Waals surface area contributed by atoms with Gasteiger partial charge in [-0.25, -0.2) is 14.5 Å². The van der Waals surface area contributed by atoms with Crippen molar-refractivity contribution in [1.29, 1.82) is 0 Å².